The molecule has 0 fully saturated rings. The Hall–Kier alpha value is -1.58. The first-order valence-corrected chi connectivity index (χ1v) is 6.19. The van der Waals surface area contributed by atoms with Crippen LogP contribution in [0.5, 0.6) is 0 Å². The number of nitrogen functional groups attached to an aromatic ring is 1. The lowest BCUT2D eigenvalue weighted by Gasteiger charge is -2.15. The normalized spacial score (nSPS) is 12.4. The molecule has 3 N–H and O–H groups in total. The van der Waals surface area contributed by atoms with Crippen molar-refractivity contribution >= 4 is 17.3 Å². The lowest BCUT2D eigenvalue weighted by molar-refractivity contribution is 0.216. The summed E-state index contributed by atoms with van der Waals surface area (Å²) in [5.41, 5.74) is 8.31. The number of benzene rings is 1. The van der Waals surface area contributed by atoms with E-state index in [0.29, 0.717) is 22.0 Å². The van der Waals surface area contributed by atoms with Crippen LogP contribution in [0.1, 0.15) is 30.0 Å². The minimum atomic E-state index is -0.898. The maximum atomic E-state index is 10.3. The molecule has 18 heavy (non-hydrogen) atoms. The molecule has 0 aliphatic carbocycles. The number of aryl methyl sites for hydroxylation is 1. The van der Waals surface area contributed by atoms with Gasteiger partial charge in [0.2, 0.25) is 0 Å². The van der Waals surface area contributed by atoms with Crippen LogP contribution in [0.4, 0.5) is 5.69 Å². The summed E-state index contributed by atoms with van der Waals surface area (Å²) < 4.78 is 0. The maximum Gasteiger partial charge on any atom is 0.124 e. The van der Waals surface area contributed by atoms with Crippen LogP contribution in [-0.2, 0) is 6.42 Å². The van der Waals surface area contributed by atoms with Gasteiger partial charge in [0.15, 0.2) is 0 Å². The summed E-state index contributed by atoms with van der Waals surface area (Å²) in [4.78, 5) is 4.37. The minimum absolute atomic E-state index is 0.461. The van der Waals surface area contributed by atoms with Crippen molar-refractivity contribution in [2.75, 3.05) is 5.73 Å². The number of aliphatic hydroxyl groups is 1. The number of anilines is 1. The highest BCUT2D eigenvalue weighted by Gasteiger charge is 2.17. The van der Waals surface area contributed by atoms with Gasteiger partial charge in [-0.3, -0.25) is 4.98 Å². The first kappa shape index (κ1) is 12.9. The number of nitrogens with zero attached hydrogens (tertiary/aromatic N) is 1. The van der Waals surface area contributed by atoms with Crippen LogP contribution in [0.2, 0.25) is 5.02 Å². The first-order chi connectivity index (χ1) is 8.63. The zero-order valence-electron chi connectivity index (χ0n) is 10.1. The van der Waals surface area contributed by atoms with E-state index in [1.165, 1.54) is 0 Å². The molecule has 1 aromatic carbocycles. The number of nitrogens with two attached hydrogens (primary N) is 1. The molecule has 3 nitrogen and oxygen atoms in total. The van der Waals surface area contributed by atoms with E-state index in [0.717, 1.165) is 12.1 Å². The van der Waals surface area contributed by atoms with E-state index in [2.05, 4.69) is 4.98 Å². The number of halogens is 1. The highest BCUT2D eigenvalue weighted by molar-refractivity contribution is 6.31. The van der Waals surface area contributed by atoms with Gasteiger partial charge in [-0.1, -0.05) is 36.7 Å². The molecule has 0 saturated carbocycles. The lowest BCUT2D eigenvalue weighted by Crippen LogP contribution is -2.08. The number of aromatic nitrogens is 1. The number of hydrogen-bond donors (Lipinski definition) is 2. The zero-order chi connectivity index (χ0) is 13.1. The average Bonchev–Trinajstić information content (AvgIpc) is 2.39. The van der Waals surface area contributed by atoms with Gasteiger partial charge in [-0.2, -0.15) is 0 Å². The summed E-state index contributed by atoms with van der Waals surface area (Å²) in [5, 5.41) is 10.9. The number of aliphatic hydroxyl groups excluding tert-OH is 1. The Morgan fingerprint density at radius 2 is 2.00 bits per heavy atom. The van der Waals surface area contributed by atoms with Crippen LogP contribution in [-0.4, -0.2) is 10.1 Å². The second-order valence-corrected chi connectivity index (χ2v) is 4.46. The van der Waals surface area contributed by atoms with Crippen molar-refractivity contribution < 1.29 is 5.11 Å². The molecule has 0 aliphatic heterocycles. The van der Waals surface area contributed by atoms with E-state index in [9.17, 15) is 5.11 Å². The van der Waals surface area contributed by atoms with Crippen LogP contribution in [0.25, 0.3) is 0 Å². The topological polar surface area (TPSA) is 59.1 Å². The summed E-state index contributed by atoms with van der Waals surface area (Å²) in [6.45, 7) is 2.00. The van der Waals surface area contributed by atoms with Gasteiger partial charge in [-0.05, 0) is 24.6 Å². The molecule has 1 heterocycles. The van der Waals surface area contributed by atoms with Gasteiger partial charge in [0.1, 0.15) is 6.10 Å². The Morgan fingerprint density at radius 1 is 1.28 bits per heavy atom. The molecular weight excluding hydrogens is 248 g/mol. The Bertz CT molecular complexity index is 557. The van der Waals surface area contributed by atoms with Gasteiger partial charge in [0, 0.05) is 16.3 Å². The van der Waals surface area contributed by atoms with Crippen LogP contribution in [0.15, 0.2) is 36.4 Å². The summed E-state index contributed by atoms with van der Waals surface area (Å²) in [6, 6.07) is 10.8. The van der Waals surface area contributed by atoms with Gasteiger partial charge < -0.3 is 10.8 Å². The van der Waals surface area contributed by atoms with Crippen molar-refractivity contribution in [2.24, 2.45) is 0 Å². The van der Waals surface area contributed by atoms with Crippen molar-refractivity contribution in [1.29, 1.82) is 0 Å². The van der Waals surface area contributed by atoms with Crippen molar-refractivity contribution in [1.82, 2.24) is 4.98 Å². The van der Waals surface area contributed by atoms with E-state index in [1.807, 2.05) is 25.1 Å². The van der Waals surface area contributed by atoms with Gasteiger partial charge in [0.25, 0.3) is 0 Å². The smallest absolute Gasteiger partial charge is 0.124 e. The fourth-order valence-electron chi connectivity index (χ4n) is 1.79. The lowest BCUT2D eigenvalue weighted by atomic mass is 10.0. The predicted molar refractivity (Wildman–Crippen MR) is 73.5 cm³/mol. The van der Waals surface area contributed by atoms with Crippen LogP contribution in [0.3, 0.4) is 0 Å². The molecule has 2 aromatic rings. The minimum Gasteiger partial charge on any atom is -0.397 e. The Morgan fingerprint density at radius 3 is 2.67 bits per heavy atom. The molecule has 0 spiro atoms. The molecular formula is C14H15ClN2O. The third kappa shape index (κ3) is 2.47. The van der Waals surface area contributed by atoms with E-state index >= 15 is 0 Å². The first-order valence-electron chi connectivity index (χ1n) is 5.81. The highest BCUT2D eigenvalue weighted by atomic mass is 35.5. The number of rotatable bonds is 3. The summed E-state index contributed by atoms with van der Waals surface area (Å²) in [7, 11) is 0. The monoisotopic (exact) mass is 262 g/mol. The third-order valence-electron chi connectivity index (χ3n) is 2.84. The third-order valence-corrected chi connectivity index (χ3v) is 3.18. The number of hydrogen-bond acceptors (Lipinski definition) is 3. The molecule has 0 radical (unpaired) electrons. The summed E-state index contributed by atoms with van der Waals surface area (Å²) in [6.07, 6.45) is -0.104. The van der Waals surface area contributed by atoms with Gasteiger partial charge in [-0.15, -0.1) is 0 Å². The van der Waals surface area contributed by atoms with Gasteiger partial charge in [0.05, 0.1) is 11.4 Å². The second kappa shape index (κ2) is 5.38. The molecule has 0 saturated heterocycles. The SMILES string of the molecule is CCc1ccc(N)c(C(O)c2ccccc2Cl)n1. The maximum absolute atomic E-state index is 10.3. The van der Waals surface area contributed by atoms with Crippen LogP contribution >= 0.6 is 11.6 Å². The zero-order valence-corrected chi connectivity index (χ0v) is 10.9. The van der Waals surface area contributed by atoms with E-state index in [-0.39, 0.29) is 0 Å². The van der Waals surface area contributed by atoms with Crippen molar-refractivity contribution in [3.05, 3.63) is 58.4 Å². The average molecular weight is 263 g/mol. The standard InChI is InChI=1S/C14H15ClN2O/c1-2-9-7-8-12(16)13(17-9)14(18)10-5-3-4-6-11(10)15/h3-8,14,18H,2,16H2,1H3. The molecule has 1 atom stereocenters. The Labute approximate surface area is 111 Å². The second-order valence-electron chi connectivity index (χ2n) is 4.05. The molecule has 0 aliphatic rings. The van der Waals surface area contributed by atoms with Crippen LogP contribution in [0, 0.1) is 0 Å². The fourth-order valence-corrected chi connectivity index (χ4v) is 2.03. The molecule has 1 aromatic heterocycles. The van der Waals surface area contributed by atoms with Crippen molar-refractivity contribution in [3.63, 3.8) is 0 Å². The van der Waals surface area contributed by atoms with Gasteiger partial charge in [-0.25, -0.2) is 0 Å². The number of pyridine rings is 1. The predicted octanol–water partition coefficient (Wildman–Crippen LogP) is 2.96. The van der Waals surface area contributed by atoms with E-state index in [4.69, 9.17) is 17.3 Å². The molecule has 2 rings (SSSR count). The molecule has 0 bridgehead atoms. The van der Waals surface area contributed by atoms with E-state index in [1.54, 1.807) is 18.2 Å². The molecule has 4 heteroatoms. The van der Waals surface area contributed by atoms with Crippen molar-refractivity contribution in [2.45, 2.75) is 19.4 Å². The largest absolute Gasteiger partial charge is 0.397 e. The molecule has 0 amide bonds. The van der Waals surface area contributed by atoms with Crippen molar-refractivity contribution in [3.8, 4) is 0 Å². The molecule has 1 unspecified atom stereocenters. The summed E-state index contributed by atoms with van der Waals surface area (Å²) >= 11 is 6.07. The van der Waals surface area contributed by atoms with Gasteiger partial charge >= 0.3 is 0 Å². The fraction of sp³-hybridized carbons (Fsp3) is 0.214. The highest BCUT2D eigenvalue weighted by Crippen LogP contribution is 2.29. The summed E-state index contributed by atoms with van der Waals surface area (Å²) in [5.74, 6) is 0. The van der Waals surface area contributed by atoms with E-state index < -0.39 is 6.10 Å². The Balaban J connectivity index is 2.45. The quantitative estimate of drug-likeness (QED) is 0.894. The Kier molecular flexibility index (Phi) is 3.84. The van der Waals surface area contributed by atoms with Crippen LogP contribution < -0.4 is 5.73 Å². The molecule has 94 valence electrons.